The van der Waals surface area contributed by atoms with Crippen molar-refractivity contribution in [2.75, 3.05) is 30.8 Å². The summed E-state index contributed by atoms with van der Waals surface area (Å²) in [7, 11) is 1.82. The smallest absolute Gasteiger partial charge is 0.354 e. The lowest BCUT2D eigenvalue weighted by Crippen LogP contribution is -2.22. The van der Waals surface area contributed by atoms with Gasteiger partial charge in [0.05, 0.1) is 5.69 Å². The van der Waals surface area contributed by atoms with E-state index in [0.717, 1.165) is 25.8 Å². The van der Waals surface area contributed by atoms with Crippen LogP contribution < -0.4 is 10.6 Å². The Kier molecular flexibility index (Phi) is 5.38. The maximum absolute atomic E-state index is 10.8. The van der Waals surface area contributed by atoms with Crippen LogP contribution in [-0.4, -0.2) is 41.4 Å². The molecule has 4 N–H and O–H groups in total. The molecule has 0 saturated heterocycles. The quantitative estimate of drug-likeness (QED) is 0.626. The normalized spacial score (nSPS) is 10.3. The summed E-state index contributed by atoms with van der Waals surface area (Å²) in [6.45, 7) is 0.916. The first-order valence-corrected chi connectivity index (χ1v) is 5.88. The highest BCUT2D eigenvalue weighted by atomic mass is 16.4. The van der Waals surface area contributed by atoms with E-state index in [9.17, 15) is 4.79 Å². The second-order valence-electron chi connectivity index (χ2n) is 4.12. The van der Waals surface area contributed by atoms with Crippen LogP contribution in [0.3, 0.4) is 0 Å². The zero-order chi connectivity index (χ0) is 13.5. The SMILES string of the molecule is CN(CCCCCO)c1nc(C(=O)O)ccc1N. The van der Waals surface area contributed by atoms with Crippen molar-refractivity contribution >= 4 is 17.5 Å². The number of aliphatic hydroxyl groups is 1. The molecule has 0 aromatic carbocycles. The number of carboxylic acid groups (broad SMARTS) is 1. The Hall–Kier alpha value is -1.82. The van der Waals surface area contributed by atoms with Crippen molar-refractivity contribution in [3.63, 3.8) is 0 Å². The van der Waals surface area contributed by atoms with Crippen molar-refractivity contribution < 1.29 is 15.0 Å². The van der Waals surface area contributed by atoms with Gasteiger partial charge in [-0.2, -0.15) is 0 Å². The maximum atomic E-state index is 10.8. The molecule has 1 heterocycles. The topological polar surface area (TPSA) is 99.7 Å². The van der Waals surface area contributed by atoms with Crippen LogP contribution in [0.4, 0.5) is 11.5 Å². The van der Waals surface area contributed by atoms with Crippen LogP contribution in [0.5, 0.6) is 0 Å². The van der Waals surface area contributed by atoms with Crippen LogP contribution in [0.1, 0.15) is 29.8 Å². The van der Waals surface area contributed by atoms with Gasteiger partial charge in [-0.1, -0.05) is 0 Å². The summed E-state index contributed by atoms with van der Waals surface area (Å²) in [5.41, 5.74) is 6.23. The fourth-order valence-electron chi connectivity index (χ4n) is 1.63. The summed E-state index contributed by atoms with van der Waals surface area (Å²) in [4.78, 5) is 16.7. The Labute approximate surface area is 106 Å². The van der Waals surface area contributed by atoms with E-state index in [1.165, 1.54) is 6.07 Å². The van der Waals surface area contributed by atoms with E-state index in [4.69, 9.17) is 15.9 Å². The van der Waals surface area contributed by atoms with E-state index in [2.05, 4.69) is 4.98 Å². The molecule has 6 nitrogen and oxygen atoms in total. The van der Waals surface area contributed by atoms with E-state index in [1.807, 2.05) is 11.9 Å². The Balaban J connectivity index is 2.68. The number of hydrogen-bond acceptors (Lipinski definition) is 5. The highest BCUT2D eigenvalue weighted by Gasteiger charge is 2.11. The van der Waals surface area contributed by atoms with Gasteiger partial charge in [-0.15, -0.1) is 0 Å². The number of rotatable bonds is 7. The largest absolute Gasteiger partial charge is 0.477 e. The molecule has 0 spiro atoms. The van der Waals surface area contributed by atoms with Crippen LogP contribution in [0.15, 0.2) is 12.1 Å². The number of nitrogen functional groups attached to an aromatic ring is 1. The lowest BCUT2D eigenvalue weighted by atomic mass is 10.2. The zero-order valence-corrected chi connectivity index (χ0v) is 10.5. The standard InChI is InChI=1S/C12H19N3O3/c1-15(7-3-2-4-8-16)11-9(13)5-6-10(14-11)12(17)18/h5-6,16H,2-4,7-8,13H2,1H3,(H,17,18). The number of hydrogen-bond donors (Lipinski definition) is 3. The van der Waals surface area contributed by atoms with Crippen molar-refractivity contribution in [1.82, 2.24) is 4.98 Å². The molecule has 1 aromatic rings. The van der Waals surface area contributed by atoms with Gasteiger partial charge in [0, 0.05) is 20.2 Å². The lowest BCUT2D eigenvalue weighted by molar-refractivity contribution is 0.0690. The van der Waals surface area contributed by atoms with Crippen molar-refractivity contribution in [3.8, 4) is 0 Å². The molecule has 0 unspecified atom stereocenters. The first-order valence-electron chi connectivity index (χ1n) is 5.88. The van der Waals surface area contributed by atoms with E-state index in [0.29, 0.717) is 11.5 Å². The van der Waals surface area contributed by atoms with Crippen molar-refractivity contribution in [3.05, 3.63) is 17.8 Å². The molecule has 100 valence electrons. The molecule has 0 atom stereocenters. The monoisotopic (exact) mass is 253 g/mol. The van der Waals surface area contributed by atoms with E-state index < -0.39 is 5.97 Å². The molecule has 0 amide bonds. The van der Waals surface area contributed by atoms with Gasteiger partial charge >= 0.3 is 5.97 Å². The van der Waals surface area contributed by atoms with Gasteiger partial charge in [-0.05, 0) is 31.4 Å². The fraction of sp³-hybridized carbons (Fsp3) is 0.500. The number of pyridine rings is 1. The number of aliphatic hydroxyl groups excluding tert-OH is 1. The zero-order valence-electron chi connectivity index (χ0n) is 10.5. The summed E-state index contributed by atoms with van der Waals surface area (Å²) in [6.07, 6.45) is 2.58. The minimum atomic E-state index is -1.06. The van der Waals surface area contributed by atoms with Crippen LogP contribution in [-0.2, 0) is 0 Å². The number of carbonyl (C=O) groups is 1. The summed E-state index contributed by atoms with van der Waals surface area (Å²) >= 11 is 0. The first kappa shape index (κ1) is 14.2. The highest BCUT2D eigenvalue weighted by Crippen LogP contribution is 2.20. The molecule has 6 heteroatoms. The third kappa shape index (κ3) is 3.89. The lowest BCUT2D eigenvalue weighted by Gasteiger charge is -2.20. The second kappa shape index (κ2) is 6.80. The average Bonchev–Trinajstić information content (AvgIpc) is 2.34. The van der Waals surface area contributed by atoms with Crippen LogP contribution in [0.25, 0.3) is 0 Å². The molecule has 18 heavy (non-hydrogen) atoms. The minimum absolute atomic E-state index is 0.0126. The van der Waals surface area contributed by atoms with Gasteiger partial charge in [-0.3, -0.25) is 0 Å². The van der Waals surface area contributed by atoms with Gasteiger partial charge in [0.25, 0.3) is 0 Å². The number of aromatic nitrogens is 1. The average molecular weight is 253 g/mol. The van der Waals surface area contributed by atoms with Crippen molar-refractivity contribution in [2.24, 2.45) is 0 Å². The molecular formula is C12H19N3O3. The molecule has 0 radical (unpaired) electrons. The molecule has 0 fully saturated rings. The van der Waals surface area contributed by atoms with Gasteiger partial charge < -0.3 is 20.8 Å². The number of nitrogens with zero attached hydrogens (tertiary/aromatic N) is 2. The number of nitrogens with two attached hydrogens (primary N) is 1. The van der Waals surface area contributed by atoms with Crippen molar-refractivity contribution in [2.45, 2.75) is 19.3 Å². The summed E-state index contributed by atoms with van der Waals surface area (Å²) < 4.78 is 0. The van der Waals surface area contributed by atoms with Gasteiger partial charge in [0.15, 0.2) is 11.5 Å². The highest BCUT2D eigenvalue weighted by molar-refractivity contribution is 5.86. The first-order chi connectivity index (χ1) is 8.56. The Morgan fingerprint density at radius 3 is 2.72 bits per heavy atom. The Morgan fingerprint density at radius 2 is 2.11 bits per heavy atom. The van der Waals surface area contributed by atoms with Gasteiger partial charge in [0.2, 0.25) is 0 Å². The van der Waals surface area contributed by atoms with Crippen LogP contribution in [0.2, 0.25) is 0 Å². The summed E-state index contributed by atoms with van der Waals surface area (Å²) in [6, 6.07) is 2.94. The third-order valence-electron chi connectivity index (χ3n) is 2.64. The molecule has 0 saturated carbocycles. The van der Waals surface area contributed by atoms with Gasteiger partial charge in [-0.25, -0.2) is 9.78 Å². The van der Waals surface area contributed by atoms with Crippen molar-refractivity contribution in [1.29, 1.82) is 0 Å². The van der Waals surface area contributed by atoms with Gasteiger partial charge in [0.1, 0.15) is 0 Å². The minimum Gasteiger partial charge on any atom is -0.477 e. The predicted octanol–water partition coefficient (Wildman–Crippen LogP) is 0.961. The molecular weight excluding hydrogens is 234 g/mol. The third-order valence-corrected chi connectivity index (χ3v) is 2.64. The molecule has 0 aliphatic rings. The number of unbranched alkanes of at least 4 members (excludes halogenated alkanes) is 2. The van der Waals surface area contributed by atoms with E-state index in [1.54, 1.807) is 6.07 Å². The molecule has 0 aliphatic carbocycles. The maximum Gasteiger partial charge on any atom is 0.354 e. The Morgan fingerprint density at radius 1 is 1.39 bits per heavy atom. The summed E-state index contributed by atoms with van der Waals surface area (Å²) in [5, 5.41) is 17.6. The predicted molar refractivity (Wildman–Crippen MR) is 69.8 cm³/mol. The van der Waals surface area contributed by atoms with E-state index >= 15 is 0 Å². The fourth-order valence-corrected chi connectivity index (χ4v) is 1.63. The van der Waals surface area contributed by atoms with Crippen LogP contribution >= 0.6 is 0 Å². The number of anilines is 2. The molecule has 1 rings (SSSR count). The Bertz CT molecular complexity index is 410. The van der Waals surface area contributed by atoms with E-state index in [-0.39, 0.29) is 12.3 Å². The molecule has 0 bridgehead atoms. The van der Waals surface area contributed by atoms with Crippen LogP contribution in [0, 0.1) is 0 Å². The number of carboxylic acids is 1. The molecule has 1 aromatic heterocycles. The molecule has 0 aliphatic heterocycles. The number of aromatic carboxylic acids is 1. The summed E-state index contributed by atoms with van der Waals surface area (Å²) in [5.74, 6) is -0.580. The second-order valence-corrected chi connectivity index (χ2v) is 4.12.